The van der Waals surface area contributed by atoms with Crippen LogP contribution in [0.4, 0.5) is 11.5 Å². The summed E-state index contributed by atoms with van der Waals surface area (Å²) in [6.07, 6.45) is 2.12. The van der Waals surface area contributed by atoms with Crippen molar-refractivity contribution in [1.29, 1.82) is 0 Å². The largest absolute Gasteiger partial charge is 0.495 e. The van der Waals surface area contributed by atoms with Gasteiger partial charge in [-0.05, 0) is 37.1 Å². The minimum atomic E-state index is -0.575. The first kappa shape index (κ1) is 16.0. The summed E-state index contributed by atoms with van der Waals surface area (Å²) in [5.41, 5.74) is 6.44. The minimum absolute atomic E-state index is 0.167. The van der Waals surface area contributed by atoms with Crippen molar-refractivity contribution in [3.63, 3.8) is 0 Å². The summed E-state index contributed by atoms with van der Waals surface area (Å²) in [6.45, 7) is 1.84. The Kier molecular flexibility index (Phi) is 4.79. The molecule has 0 aliphatic carbocycles. The van der Waals surface area contributed by atoms with Crippen LogP contribution in [0.1, 0.15) is 23.3 Å². The molecule has 3 rings (SSSR count). The Labute approximate surface area is 140 Å². The van der Waals surface area contributed by atoms with E-state index in [4.69, 9.17) is 10.5 Å². The lowest BCUT2D eigenvalue weighted by Gasteiger charge is -2.35. The normalized spacial score (nSPS) is 17.4. The molecule has 1 aromatic carbocycles. The Morgan fingerprint density at radius 2 is 2.12 bits per heavy atom. The first-order chi connectivity index (χ1) is 11.7. The second kappa shape index (κ2) is 7.16. The summed E-state index contributed by atoms with van der Waals surface area (Å²) in [4.78, 5) is 13.4. The number of rotatable bonds is 5. The fraction of sp³-hybridized carbons (Fsp3) is 0.353. The summed E-state index contributed by atoms with van der Waals surface area (Å²) in [5, 5.41) is 11.2. The number of aromatic nitrogens is 2. The number of nitrogens with one attached hydrogen (secondary N) is 1. The van der Waals surface area contributed by atoms with E-state index < -0.39 is 5.91 Å². The molecule has 7 nitrogen and oxygen atoms in total. The van der Waals surface area contributed by atoms with E-state index in [0.717, 1.165) is 37.4 Å². The van der Waals surface area contributed by atoms with Crippen molar-refractivity contribution >= 4 is 17.4 Å². The third-order valence-corrected chi connectivity index (χ3v) is 4.12. The number of anilines is 2. The SMILES string of the molecule is COc1ccccc1N1CCCC(Nc2ccc(C(N)=O)nn2)C1. The standard InChI is InChI=1S/C17H21N5O2/c1-24-15-7-3-2-6-14(15)22-10-4-5-12(11-22)19-16-9-8-13(17(18)23)20-21-16/h2-3,6-9,12H,4-5,10-11H2,1H3,(H2,18,23)(H,19,21). The van der Waals surface area contributed by atoms with E-state index in [2.05, 4.69) is 26.5 Å². The van der Waals surface area contributed by atoms with E-state index >= 15 is 0 Å². The van der Waals surface area contributed by atoms with Crippen LogP contribution in [0.25, 0.3) is 0 Å². The molecule has 0 spiro atoms. The molecule has 2 aromatic rings. The van der Waals surface area contributed by atoms with Crippen molar-refractivity contribution < 1.29 is 9.53 Å². The molecule has 1 amide bonds. The second-order valence-electron chi connectivity index (χ2n) is 5.77. The van der Waals surface area contributed by atoms with Gasteiger partial charge < -0.3 is 20.7 Å². The van der Waals surface area contributed by atoms with Crippen LogP contribution in [0.2, 0.25) is 0 Å². The molecule has 1 fully saturated rings. The van der Waals surface area contributed by atoms with E-state index in [0.29, 0.717) is 5.82 Å². The predicted octanol–water partition coefficient (Wildman–Crippen LogP) is 1.66. The van der Waals surface area contributed by atoms with Gasteiger partial charge in [0.2, 0.25) is 0 Å². The second-order valence-corrected chi connectivity index (χ2v) is 5.77. The molecule has 1 atom stereocenters. The highest BCUT2D eigenvalue weighted by Crippen LogP contribution is 2.30. The molecule has 0 saturated carbocycles. The van der Waals surface area contributed by atoms with Crippen molar-refractivity contribution in [2.75, 3.05) is 30.4 Å². The van der Waals surface area contributed by atoms with Crippen LogP contribution in [-0.4, -0.2) is 42.3 Å². The van der Waals surface area contributed by atoms with Crippen molar-refractivity contribution in [2.45, 2.75) is 18.9 Å². The van der Waals surface area contributed by atoms with Crippen LogP contribution in [0.3, 0.4) is 0 Å². The van der Waals surface area contributed by atoms with Crippen molar-refractivity contribution in [1.82, 2.24) is 10.2 Å². The van der Waals surface area contributed by atoms with Gasteiger partial charge in [-0.3, -0.25) is 4.79 Å². The summed E-state index contributed by atoms with van der Waals surface area (Å²) in [6, 6.07) is 11.6. The number of primary amides is 1. The van der Waals surface area contributed by atoms with Crippen molar-refractivity contribution in [2.24, 2.45) is 5.73 Å². The zero-order chi connectivity index (χ0) is 16.9. The van der Waals surface area contributed by atoms with Crippen molar-refractivity contribution in [3.8, 4) is 5.75 Å². The maximum atomic E-state index is 11.0. The van der Waals surface area contributed by atoms with Gasteiger partial charge in [-0.15, -0.1) is 10.2 Å². The molecule has 24 heavy (non-hydrogen) atoms. The number of nitrogens with zero attached hydrogens (tertiary/aromatic N) is 3. The lowest BCUT2D eigenvalue weighted by Crippen LogP contribution is -2.42. The average molecular weight is 327 g/mol. The topological polar surface area (TPSA) is 93.4 Å². The van der Waals surface area contributed by atoms with Gasteiger partial charge >= 0.3 is 0 Å². The number of ether oxygens (including phenoxy) is 1. The highest BCUT2D eigenvalue weighted by Gasteiger charge is 2.22. The molecule has 3 N–H and O–H groups in total. The Morgan fingerprint density at radius 3 is 2.83 bits per heavy atom. The number of piperidine rings is 1. The number of amides is 1. The number of methoxy groups -OCH3 is 1. The maximum absolute atomic E-state index is 11.0. The molecule has 1 aromatic heterocycles. The Balaban J connectivity index is 1.68. The smallest absolute Gasteiger partial charge is 0.269 e. The van der Waals surface area contributed by atoms with Crippen LogP contribution in [0.15, 0.2) is 36.4 Å². The van der Waals surface area contributed by atoms with Crippen LogP contribution in [0.5, 0.6) is 5.75 Å². The van der Waals surface area contributed by atoms with Gasteiger partial charge in [0.1, 0.15) is 11.6 Å². The quantitative estimate of drug-likeness (QED) is 0.867. The molecule has 1 unspecified atom stereocenters. The zero-order valence-electron chi connectivity index (χ0n) is 13.6. The Hall–Kier alpha value is -2.83. The monoisotopic (exact) mass is 327 g/mol. The fourth-order valence-corrected chi connectivity index (χ4v) is 2.95. The third-order valence-electron chi connectivity index (χ3n) is 4.12. The molecular formula is C17H21N5O2. The van der Waals surface area contributed by atoms with Gasteiger partial charge in [0.15, 0.2) is 5.69 Å². The highest BCUT2D eigenvalue weighted by atomic mass is 16.5. The number of hydrogen-bond acceptors (Lipinski definition) is 6. The first-order valence-corrected chi connectivity index (χ1v) is 7.95. The minimum Gasteiger partial charge on any atom is -0.495 e. The van der Waals surface area contributed by atoms with Gasteiger partial charge in [0, 0.05) is 19.1 Å². The summed E-state index contributed by atoms with van der Waals surface area (Å²) in [5.74, 6) is 0.949. The van der Waals surface area contributed by atoms with Gasteiger partial charge in [0.05, 0.1) is 12.8 Å². The lowest BCUT2D eigenvalue weighted by atomic mass is 10.0. The maximum Gasteiger partial charge on any atom is 0.269 e. The van der Waals surface area contributed by atoms with Gasteiger partial charge in [0.25, 0.3) is 5.91 Å². The van der Waals surface area contributed by atoms with Crippen LogP contribution >= 0.6 is 0 Å². The Morgan fingerprint density at radius 1 is 1.29 bits per heavy atom. The molecule has 0 bridgehead atoms. The highest BCUT2D eigenvalue weighted by molar-refractivity contribution is 5.90. The summed E-state index contributed by atoms with van der Waals surface area (Å²) in [7, 11) is 1.69. The predicted molar refractivity (Wildman–Crippen MR) is 92.4 cm³/mol. The van der Waals surface area contributed by atoms with Crippen LogP contribution in [-0.2, 0) is 0 Å². The number of benzene rings is 1. The number of carbonyl (C=O) groups excluding carboxylic acids is 1. The molecule has 1 aliphatic rings. The first-order valence-electron chi connectivity index (χ1n) is 7.95. The van der Waals surface area contributed by atoms with E-state index in [-0.39, 0.29) is 11.7 Å². The lowest BCUT2D eigenvalue weighted by molar-refractivity contribution is 0.0994. The van der Waals surface area contributed by atoms with Gasteiger partial charge in [-0.2, -0.15) is 0 Å². The number of para-hydroxylation sites is 2. The number of carbonyl (C=O) groups is 1. The molecule has 1 saturated heterocycles. The summed E-state index contributed by atoms with van der Waals surface area (Å²) < 4.78 is 5.46. The molecule has 0 radical (unpaired) electrons. The van der Waals surface area contributed by atoms with Crippen LogP contribution < -0.4 is 20.7 Å². The van der Waals surface area contributed by atoms with E-state index in [1.807, 2.05) is 18.2 Å². The van der Waals surface area contributed by atoms with Crippen LogP contribution in [0, 0.1) is 0 Å². The average Bonchev–Trinajstić information content (AvgIpc) is 2.62. The number of nitrogens with two attached hydrogens (primary N) is 1. The van der Waals surface area contributed by atoms with Gasteiger partial charge in [-0.25, -0.2) is 0 Å². The molecular weight excluding hydrogens is 306 g/mol. The Bertz CT molecular complexity index is 704. The van der Waals surface area contributed by atoms with E-state index in [9.17, 15) is 4.79 Å². The van der Waals surface area contributed by atoms with Gasteiger partial charge in [-0.1, -0.05) is 12.1 Å². The fourth-order valence-electron chi connectivity index (χ4n) is 2.95. The zero-order valence-corrected chi connectivity index (χ0v) is 13.6. The molecule has 1 aliphatic heterocycles. The molecule has 2 heterocycles. The third kappa shape index (κ3) is 3.56. The van der Waals surface area contributed by atoms with E-state index in [1.165, 1.54) is 0 Å². The van der Waals surface area contributed by atoms with Crippen molar-refractivity contribution in [3.05, 3.63) is 42.1 Å². The number of hydrogen-bond donors (Lipinski definition) is 2. The summed E-state index contributed by atoms with van der Waals surface area (Å²) >= 11 is 0. The van der Waals surface area contributed by atoms with E-state index in [1.54, 1.807) is 19.2 Å². The molecule has 7 heteroatoms. The molecule has 126 valence electrons.